The normalized spacial score (nSPS) is 25.9. The number of hydrogen-bond donors (Lipinski definition) is 0. The molecule has 0 aliphatic carbocycles. The molecule has 0 radical (unpaired) electrons. The van der Waals surface area contributed by atoms with Crippen LogP contribution in [0.25, 0.3) is 0 Å². The summed E-state index contributed by atoms with van der Waals surface area (Å²) in [4.78, 5) is 5.00. The molecule has 2 nitrogen and oxygen atoms in total. The predicted molar refractivity (Wildman–Crippen MR) is 71.9 cm³/mol. The van der Waals surface area contributed by atoms with Crippen LogP contribution in [-0.2, 0) is 0 Å². The predicted octanol–water partition coefficient (Wildman–Crippen LogP) is 2.84. The fraction of sp³-hybridized carbons (Fsp3) is 1.00. The van der Waals surface area contributed by atoms with E-state index in [1.54, 1.807) is 0 Å². The van der Waals surface area contributed by atoms with E-state index in [-0.39, 0.29) is 0 Å². The van der Waals surface area contributed by atoms with Crippen molar-refractivity contribution in [1.29, 1.82) is 0 Å². The Balaban J connectivity index is 2.37. The zero-order valence-corrected chi connectivity index (χ0v) is 11.5. The van der Waals surface area contributed by atoms with E-state index < -0.39 is 0 Å². The van der Waals surface area contributed by atoms with Gasteiger partial charge in [-0.2, -0.15) is 0 Å². The molecule has 0 saturated carbocycles. The van der Waals surface area contributed by atoms with Crippen molar-refractivity contribution in [3.05, 3.63) is 0 Å². The van der Waals surface area contributed by atoms with Crippen LogP contribution in [-0.4, -0.2) is 50.1 Å². The second-order valence-corrected chi connectivity index (χ2v) is 5.54. The van der Waals surface area contributed by atoms with E-state index >= 15 is 0 Å². The van der Waals surface area contributed by atoms with Crippen LogP contribution in [0.1, 0.15) is 45.4 Å². The number of hydrogen-bond acceptors (Lipinski definition) is 2. The minimum absolute atomic E-state index is 0.882. The van der Waals surface area contributed by atoms with Crippen molar-refractivity contribution in [3.8, 4) is 0 Å². The second-order valence-electron chi connectivity index (χ2n) is 5.54. The Hall–Kier alpha value is -0.0800. The summed E-state index contributed by atoms with van der Waals surface area (Å²) in [5.74, 6) is 0.882. The lowest BCUT2D eigenvalue weighted by atomic mass is 9.98. The van der Waals surface area contributed by atoms with Gasteiger partial charge in [-0.3, -0.25) is 0 Å². The fourth-order valence-corrected chi connectivity index (χ4v) is 2.69. The third-order valence-corrected chi connectivity index (χ3v) is 3.83. The molecule has 1 heterocycles. The maximum atomic E-state index is 2.54. The summed E-state index contributed by atoms with van der Waals surface area (Å²) in [7, 11) is 4.54. The fourth-order valence-electron chi connectivity index (χ4n) is 2.69. The molecule has 1 aliphatic heterocycles. The molecule has 1 saturated heterocycles. The summed E-state index contributed by atoms with van der Waals surface area (Å²) < 4.78 is 0. The van der Waals surface area contributed by atoms with Crippen molar-refractivity contribution in [1.82, 2.24) is 9.80 Å². The topological polar surface area (TPSA) is 6.48 Å². The molecule has 0 bridgehead atoms. The second kappa shape index (κ2) is 8.08. The van der Waals surface area contributed by atoms with Crippen LogP contribution in [0.5, 0.6) is 0 Å². The molecule has 0 aromatic heterocycles. The van der Waals surface area contributed by atoms with Gasteiger partial charge in [0.2, 0.25) is 0 Å². The lowest BCUT2D eigenvalue weighted by Crippen LogP contribution is -2.34. The highest BCUT2D eigenvalue weighted by Crippen LogP contribution is 2.16. The SMILES string of the molecule is CCN(C)CC1CCCCCCCN(C)C1. The van der Waals surface area contributed by atoms with Gasteiger partial charge in [0.25, 0.3) is 0 Å². The lowest BCUT2D eigenvalue weighted by Gasteiger charge is -2.28. The Labute approximate surface area is 102 Å². The van der Waals surface area contributed by atoms with E-state index in [2.05, 4.69) is 30.8 Å². The first-order valence-corrected chi connectivity index (χ1v) is 7.09. The Bertz CT molecular complexity index is 170. The average molecular weight is 226 g/mol. The van der Waals surface area contributed by atoms with Gasteiger partial charge in [0.05, 0.1) is 0 Å². The van der Waals surface area contributed by atoms with Crippen LogP contribution < -0.4 is 0 Å². The monoisotopic (exact) mass is 226 g/mol. The van der Waals surface area contributed by atoms with Crippen molar-refractivity contribution in [2.75, 3.05) is 40.3 Å². The third kappa shape index (κ3) is 5.86. The van der Waals surface area contributed by atoms with Gasteiger partial charge in [0.1, 0.15) is 0 Å². The van der Waals surface area contributed by atoms with Gasteiger partial charge < -0.3 is 9.80 Å². The van der Waals surface area contributed by atoms with Crippen molar-refractivity contribution in [3.63, 3.8) is 0 Å². The Morgan fingerprint density at radius 1 is 1.12 bits per heavy atom. The minimum Gasteiger partial charge on any atom is -0.306 e. The van der Waals surface area contributed by atoms with Gasteiger partial charge in [-0.15, -0.1) is 0 Å². The molecule has 1 unspecified atom stereocenters. The highest BCUT2D eigenvalue weighted by molar-refractivity contribution is 4.69. The summed E-state index contributed by atoms with van der Waals surface area (Å²) in [6, 6.07) is 0. The van der Waals surface area contributed by atoms with E-state index in [1.807, 2.05) is 0 Å². The van der Waals surface area contributed by atoms with Gasteiger partial charge in [-0.05, 0) is 45.9 Å². The highest BCUT2D eigenvalue weighted by Gasteiger charge is 2.14. The van der Waals surface area contributed by atoms with Crippen LogP contribution in [0.15, 0.2) is 0 Å². The van der Waals surface area contributed by atoms with Gasteiger partial charge in [-0.25, -0.2) is 0 Å². The number of nitrogens with zero attached hydrogens (tertiary/aromatic N) is 2. The largest absolute Gasteiger partial charge is 0.306 e. The van der Waals surface area contributed by atoms with Gasteiger partial charge in [0, 0.05) is 13.1 Å². The highest BCUT2D eigenvalue weighted by atomic mass is 15.1. The molecule has 1 aliphatic rings. The molecule has 1 rings (SSSR count). The first kappa shape index (κ1) is 14.0. The van der Waals surface area contributed by atoms with Crippen molar-refractivity contribution < 1.29 is 0 Å². The van der Waals surface area contributed by atoms with Gasteiger partial charge in [0.15, 0.2) is 0 Å². The molecule has 2 heteroatoms. The molecular weight excluding hydrogens is 196 g/mol. The molecular formula is C14H30N2. The van der Waals surface area contributed by atoms with Crippen LogP contribution in [0.2, 0.25) is 0 Å². The molecule has 16 heavy (non-hydrogen) atoms. The van der Waals surface area contributed by atoms with E-state index in [0.717, 1.165) is 5.92 Å². The van der Waals surface area contributed by atoms with E-state index in [0.29, 0.717) is 0 Å². The summed E-state index contributed by atoms with van der Waals surface area (Å²) >= 11 is 0. The molecule has 0 N–H and O–H groups in total. The zero-order chi connectivity index (χ0) is 11.8. The van der Waals surface area contributed by atoms with Crippen molar-refractivity contribution in [2.24, 2.45) is 5.92 Å². The van der Waals surface area contributed by atoms with Gasteiger partial charge >= 0.3 is 0 Å². The smallest absolute Gasteiger partial charge is 0.00188 e. The van der Waals surface area contributed by atoms with E-state index in [9.17, 15) is 0 Å². The summed E-state index contributed by atoms with van der Waals surface area (Å²) in [5.41, 5.74) is 0. The summed E-state index contributed by atoms with van der Waals surface area (Å²) in [6.45, 7) is 7.31. The van der Waals surface area contributed by atoms with Crippen LogP contribution in [0.3, 0.4) is 0 Å². The zero-order valence-electron chi connectivity index (χ0n) is 11.5. The minimum atomic E-state index is 0.882. The molecule has 96 valence electrons. The Morgan fingerprint density at radius 2 is 1.81 bits per heavy atom. The average Bonchev–Trinajstić information content (AvgIpc) is 2.27. The van der Waals surface area contributed by atoms with Crippen LogP contribution >= 0.6 is 0 Å². The molecule has 1 fully saturated rings. The lowest BCUT2D eigenvalue weighted by molar-refractivity contribution is 0.201. The maximum absolute atomic E-state index is 2.54. The van der Waals surface area contributed by atoms with Crippen LogP contribution in [0.4, 0.5) is 0 Å². The molecule has 0 aromatic rings. The quantitative estimate of drug-likeness (QED) is 0.730. The molecule has 0 amide bonds. The van der Waals surface area contributed by atoms with E-state index in [1.165, 1.54) is 64.7 Å². The maximum Gasteiger partial charge on any atom is 0.00188 e. The molecule has 1 atom stereocenters. The third-order valence-electron chi connectivity index (χ3n) is 3.83. The first-order chi connectivity index (χ1) is 7.72. The molecule has 0 spiro atoms. The number of rotatable bonds is 3. The van der Waals surface area contributed by atoms with Crippen molar-refractivity contribution >= 4 is 0 Å². The van der Waals surface area contributed by atoms with Crippen LogP contribution in [0, 0.1) is 5.92 Å². The standard InChI is InChI=1S/C14H30N2/c1-4-15(2)12-14-10-8-6-5-7-9-11-16(3)13-14/h14H,4-13H2,1-3H3. The Kier molecular flexibility index (Phi) is 7.06. The first-order valence-electron chi connectivity index (χ1n) is 7.09. The summed E-state index contributed by atoms with van der Waals surface area (Å²) in [5, 5.41) is 0. The van der Waals surface area contributed by atoms with E-state index in [4.69, 9.17) is 0 Å². The van der Waals surface area contributed by atoms with Gasteiger partial charge in [-0.1, -0.05) is 32.6 Å². The summed E-state index contributed by atoms with van der Waals surface area (Å²) in [6.07, 6.45) is 8.60. The molecule has 0 aromatic carbocycles. The Morgan fingerprint density at radius 3 is 2.56 bits per heavy atom. The van der Waals surface area contributed by atoms with Crippen molar-refractivity contribution in [2.45, 2.75) is 45.4 Å².